The third-order valence-corrected chi connectivity index (χ3v) is 5.92. The summed E-state index contributed by atoms with van der Waals surface area (Å²) in [5.74, 6) is -0.132. The van der Waals surface area contributed by atoms with Crippen LogP contribution in [0.1, 0.15) is 123 Å². The molecule has 0 aromatic heterocycles. The Labute approximate surface area is 187 Å². The smallest absolute Gasteiger partial charge is 0.264 e. The van der Waals surface area contributed by atoms with Gasteiger partial charge in [-0.3, -0.25) is 4.55 Å². The van der Waals surface area contributed by atoms with Crippen molar-refractivity contribution in [1.82, 2.24) is 5.32 Å². The molecule has 0 unspecified atom stereocenters. The van der Waals surface area contributed by atoms with Gasteiger partial charge in [0.2, 0.25) is 0 Å². The van der Waals surface area contributed by atoms with Gasteiger partial charge in [0.05, 0.1) is 5.75 Å². The van der Waals surface area contributed by atoms with E-state index in [1.54, 1.807) is 6.92 Å². The van der Waals surface area contributed by atoms with Crippen molar-refractivity contribution < 1.29 is 23.2 Å². The minimum absolute atomic E-state index is 0.132. The molecule has 7 heteroatoms. The van der Waals surface area contributed by atoms with Crippen molar-refractivity contribution in [3.63, 3.8) is 0 Å². The van der Waals surface area contributed by atoms with Crippen LogP contribution in [-0.2, 0) is 10.1 Å². The van der Waals surface area contributed by atoms with E-state index in [4.69, 9.17) is 14.8 Å². The van der Waals surface area contributed by atoms with E-state index < -0.39 is 16.4 Å². The van der Waals surface area contributed by atoms with Crippen LogP contribution in [-0.4, -0.2) is 48.3 Å². The van der Waals surface area contributed by atoms with E-state index in [0.29, 0.717) is 13.0 Å². The summed E-state index contributed by atoms with van der Waals surface area (Å²) in [5, 5.41) is 20.4. The second-order valence-corrected chi connectivity index (χ2v) is 9.85. The first-order valence-corrected chi connectivity index (χ1v) is 14.0. The molecule has 0 amide bonds. The molecule has 0 aromatic rings. The molecule has 0 fully saturated rings. The van der Waals surface area contributed by atoms with Crippen LogP contribution >= 0.6 is 0 Å². The molecule has 0 radical (unpaired) electrons. The highest BCUT2D eigenvalue weighted by atomic mass is 32.2. The van der Waals surface area contributed by atoms with Gasteiger partial charge in [-0.1, -0.05) is 110 Å². The Morgan fingerprint density at radius 3 is 1.27 bits per heavy atom. The largest absolute Gasteiger partial charge is 0.367 e. The standard InChI is InChI=1S/C20H43NO2.C3H8O3S/c1-2-3-4-5-6-7-8-9-10-11-12-13-14-15-16-17-18-21-19-20(22)23;1-2-3-7(4,5)6/h20-23H,2-19H2,1H3;2-3H2,1H3,(H,4,5,6). The van der Waals surface area contributed by atoms with Crippen molar-refractivity contribution >= 4 is 10.1 Å². The highest BCUT2D eigenvalue weighted by molar-refractivity contribution is 7.85. The summed E-state index contributed by atoms with van der Waals surface area (Å²) in [6.07, 6.45) is 21.4. The average molecular weight is 454 g/mol. The minimum Gasteiger partial charge on any atom is -0.367 e. The number of hydrogen-bond donors (Lipinski definition) is 4. The van der Waals surface area contributed by atoms with Crippen molar-refractivity contribution in [2.24, 2.45) is 0 Å². The zero-order valence-corrected chi connectivity index (χ0v) is 20.6. The lowest BCUT2D eigenvalue weighted by Crippen LogP contribution is -2.26. The zero-order valence-electron chi connectivity index (χ0n) is 19.8. The lowest BCUT2D eigenvalue weighted by molar-refractivity contribution is -0.0370. The van der Waals surface area contributed by atoms with Crippen LogP contribution in [0.15, 0.2) is 0 Å². The number of nitrogens with one attached hydrogen (secondary N) is 1. The van der Waals surface area contributed by atoms with Gasteiger partial charge in [-0.15, -0.1) is 0 Å². The quantitative estimate of drug-likeness (QED) is 0.105. The van der Waals surface area contributed by atoms with Gasteiger partial charge in [0.1, 0.15) is 0 Å². The van der Waals surface area contributed by atoms with Crippen molar-refractivity contribution in [3.8, 4) is 0 Å². The third-order valence-electron chi connectivity index (χ3n) is 5.00. The molecule has 0 aliphatic carbocycles. The Hall–Kier alpha value is -0.210. The van der Waals surface area contributed by atoms with E-state index >= 15 is 0 Å². The SMILES string of the molecule is CCCCCCCCCCCCCCCCCCNCC(O)O.CCCS(=O)(=O)O. The monoisotopic (exact) mass is 453 g/mol. The summed E-state index contributed by atoms with van der Waals surface area (Å²) in [4.78, 5) is 0. The van der Waals surface area contributed by atoms with Crippen LogP contribution in [0.4, 0.5) is 0 Å². The number of unbranched alkanes of at least 4 members (excludes halogenated alkanes) is 15. The zero-order chi connectivity index (χ0) is 22.9. The Bertz CT molecular complexity index is 416. The number of hydrogen-bond acceptors (Lipinski definition) is 5. The first kappa shape index (κ1) is 32.0. The van der Waals surface area contributed by atoms with Crippen LogP contribution in [0, 0.1) is 0 Å². The second-order valence-electron chi connectivity index (χ2n) is 8.27. The number of aliphatic hydroxyl groups is 2. The van der Waals surface area contributed by atoms with Gasteiger partial charge in [0.15, 0.2) is 6.29 Å². The van der Waals surface area contributed by atoms with Gasteiger partial charge in [-0.25, -0.2) is 0 Å². The molecular formula is C23H51NO5S. The van der Waals surface area contributed by atoms with Crippen LogP contribution in [0.2, 0.25) is 0 Å². The molecule has 0 atom stereocenters. The van der Waals surface area contributed by atoms with Crippen LogP contribution in [0.3, 0.4) is 0 Å². The van der Waals surface area contributed by atoms with Crippen LogP contribution in [0.5, 0.6) is 0 Å². The number of aliphatic hydroxyl groups excluding tert-OH is 1. The molecule has 6 nitrogen and oxygen atoms in total. The molecule has 0 saturated heterocycles. The summed E-state index contributed by atoms with van der Waals surface area (Å²) >= 11 is 0. The van der Waals surface area contributed by atoms with E-state index in [1.807, 2.05) is 0 Å². The molecule has 4 N–H and O–H groups in total. The van der Waals surface area contributed by atoms with Crippen LogP contribution in [0.25, 0.3) is 0 Å². The molecule has 0 aliphatic rings. The molecule has 0 aromatic carbocycles. The van der Waals surface area contributed by atoms with Crippen LogP contribution < -0.4 is 5.32 Å². The lowest BCUT2D eigenvalue weighted by Gasteiger charge is -2.06. The van der Waals surface area contributed by atoms with E-state index in [1.165, 1.54) is 96.3 Å². The Balaban J connectivity index is 0. The lowest BCUT2D eigenvalue weighted by atomic mass is 10.0. The highest BCUT2D eigenvalue weighted by Crippen LogP contribution is 2.13. The molecule has 0 aliphatic heterocycles. The van der Waals surface area contributed by atoms with E-state index in [0.717, 1.165) is 13.0 Å². The van der Waals surface area contributed by atoms with Gasteiger partial charge >= 0.3 is 0 Å². The van der Waals surface area contributed by atoms with Crippen molar-refractivity contribution in [1.29, 1.82) is 0 Å². The summed E-state index contributed by atoms with van der Waals surface area (Å²) in [5.41, 5.74) is 0. The van der Waals surface area contributed by atoms with Crippen molar-refractivity contribution in [2.45, 2.75) is 129 Å². The predicted octanol–water partition coefficient (Wildman–Crippen LogP) is 5.43. The van der Waals surface area contributed by atoms with E-state index in [-0.39, 0.29) is 5.75 Å². The highest BCUT2D eigenvalue weighted by Gasteiger charge is 1.98. The summed E-state index contributed by atoms with van der Waals surface area (Å²) in [6, 6.07) is 0. The van der Waals surface area contributed by atoms with Gasteiger partial charge in [-0.05, 0) is 19.4 Å². The fourth-order valence-corrected chi connectivity index (χ4v) is 3.80. The van der Waals surface area contributed by atoms with Crippen molar-refractivity contribution in [3.05, 3.63) is 0 Å². The topological polar surface area (TPSA) is 107 Å². The predicted molar refractivity (Wildman–Crippen MR) is 127 cm³/mol. The first-order valence-electron chi connectivity index (χ1n) is 12.4. The molecule has 0 bridgehead atoms. The number of rotatable bonds is 21. The minimum atomic E-state index is -3.67. The maximum atomic E-state index is 9.79. The van der Waals surface area contributed by atoms with E-state index in [9.17, 15) is 8.42 Å². The summed E-state index contributed by atoms with van der Waals surface area (Å²) in [6.45, 7) is 5.16. The first-order chi connectivity index (χ1) is 14.3. The molecule has 0 spiro atoms. The third kappa shape index (κ3) is 35.2. The van der Waals surface area contributed by atoms with Gasteiger partial charge in [-0.2, -0.15) is 8.42 Å². The molecular weight excluding hydrogens is 402 g/mol. The van der Waals surface area contributed by atoms with Gasteiger partial charge in [0.25, 0.3) is 10.1 Å². The molecule has 0 saturated carbocycles. The van der Waals surface area contributed by atoms with Crippen molar-refractivity contribution in [2.75, 3.05) is 18.8 Å². The maximum absolute atomic E-state index is 9.79. The average Bonchev–Trinajstić information content (AvgIpc) is 2.66. The van der Waals surface area contributed by atoms with E-state index in [2.05, 4.69) is 12.2 Å². The molecule has 0 rings (SSSR count). The summed E-state index contributed by atoms with van der Waals surface area (Å²) in [7, 11) is -3.67. The Kier molecular flexibility index (Phi) is 26.7. The Morgan fingerprint density at radius 1 is 0.633 bits per heavy atom. The molecule has 184 valence electrons. The molecule has 0 heterocycles. The fourth-order valence-electron chi connectivity index (χ4n) is 3.29. The Morgan fingerprint density at radius 2 is 1.00 bits per heavy atom. The second kappa shape index (κ2) is 25.1. The molecule has 30 heavy (non-hydrogen) atoms. The van der Waals surface area contributed by atoms with Gasteiger partial charge < -0.3 is 15.5 Å². The fraction of sp³-hybridized carbons (Fsp3) is 1.00. The normalized spacial score (nSPS) is 11.5. The maximum Gasteiger partial charge on any atom is 0.264 e. The van der Waals surface area contributed by atoms with Gasteiger partial charge in [0, 0.05) is 6.54 Å². The summed E-state index contributed by atoms with van der Waals surface area (Å²) < 4.78 is 27.6.